The second-order valence-corrected chi connectivity index (χ2v) is 5.89. The third kappa shape index (κ3) is 4.27. The van der Waals surface area contributed by atoms with Gasteiger partial charge >= 0.3 is 5.51 Å². The highest BCUT2D eigenvalue weighted by molar-refractivity contribution is 8.01. The van der Waals surface area contributed by atoms with Crippen LogP contribution in [0.1, 0.15) is 17.0 Å². The maximum Gasteiger partial charge on any atom is 0.442 e. The molecule has 2 aromatic rings. The molecule has 0 aliphatic heterocycles. The lowest BCUT2D eigenvalue weighted by Gasteiger charge is -2.26. The summed E-state index contributed by atoms with van der Waals surface area (Å²) in [5, 5.41) is -1.43. The fourth-order valence-electron chi connectivity index (χ4n) is 2.30. The summed E-state index contributed by atoms with van der Waals surface area (Å²) in [6.07, 6.45) is 0. The third-order valence-corrected chi connectivity index (χ3v) is 4.19. The second-order valence-electron chi connectivity index (χ2n) is 4.69. The van der Waals surface area contributed by atoms with Crippen molar-refractivity contribution in [1.82, 2.24) is 0 Å². The first kappa shape index (κ1) is 16.4. The molecule has 0 saturated carbocycles. The Labute approximate surface area is 130 Å². The van der Waals surface area contributed by atoms with E-state index >= 15 is 0 Å². The highest BCUT2D eigenvalue weighted by Gasteiger charge is 2.40. The van der Waals surface area contributed by atoms with Crippen molar-refractivity contribution in [3.8, 4) is 0 Å². The van der Waals surface area contributed by atoms with E-state index < -0.39 is 22.6 Å². The lowest BCUT2D eigenvalue weighted by atomic mass is 9.88. The molecule has 0 heterocycles. The van der Waals surface area contributed by atoms with Crippen LogP contribution in [-0.2, 0) is 4.79 Å². The Morgan fingerprint density at radius 1 is 0.909 bits per heavy atom. The van der Waals surface area contributed by atoms with Gasteiger partial charge in [0.05, 0.1) is 0 Å². The number of benzene rings is 2. The summed E-state index contributed by atoms with van der Waals surface area (Å²) in [6, 6.07) is 17.2. The minimum Gasteiger partial charge on any atom is -0.369 e. The molecule has 0 spiro atoms. The van der Waals surface area contributed by atoms with Gasteiger partial charge < -0.3 is 5.73 Å². The smallest absolute Gasteiger partial charge is 0.369 e. The van der Waals surface area contributed by atoms with E-state index in [2.05, 4.69) is 0 Å². The van der Waals surface area contributed by atoms with Crippen molar-refractivity contribution in [2.24, 2.45) is 5.73 Å². The summed E-state index contributed by atoms with van der Waals surface area (Å²) in [5.74, 6) is -1.74. The average molecular weight is 325 g/mol. The molecule has 2 nitrogen and oxygen atoms in total. The first-order valence-electron chi connectivity index (χ1n) is 6.52. The van der Waals surface area contributed by atoms with E-state index in [-0.39, 0.29) is 11.8 Å². The molecule has 0 aromatic heterocycles. The molecule has 1 atom stereocenters. The minimum atomic E-state index is -4.54. The third-order valence-electron chi connectivity index (χ3n) is 3.16. The van der Waals surface area contributed by atoms with Crippen LogP contribution in [0.2, 0.25) is 0 Å². The molecule has 6 heteroatoms. The number of thioether (sulfide) groups is 1. The van der Waals surface area contributed by atoms with Gasteiger partial charge in [-0.05, 0) is 22.9 Å². The number of hydrogen-bond acceptors (Lipinski definition) is 2. The van der Waals surface area contributed by atoms with E-state index in [4.69, 9.17) is 5.73 Å². The topological polar surface area (TPSA) is 43.1 Å². The Morgan fingerprint density at radius 2 is 1.32 bits per heavy atom. The van der Waals surface area contributed by atoms with Gasteiger partial charge in [0.2, 0.25) is 5.91 Å². The molecule has 0 aliphatic carbocycles. The zero-order valence-electron chi connectivity index (χ0n) is 11.5. The second kappa shape index (κ2) is 6.87. The fourth-order valence-corrected chi connectivity index (χ4v) is 3.15. The average Bonchev–Trinajstić information content (AvgIpc) is 2.47. The van der Waals surface area contributed by atoms with E-state index in [0.717, 1.165) is 0 Å². The van der Waals surface area contributed by atoms with Gasteiger partial charge in [-0.1, -0.05) is 60.7 Å². The Hall–Kier alpha value is -1.95. The molecule has 2 N–H and O–H groups in total. The summed E-state index contributed by atoms with van der Waals surface area (Å²) in [6.45, 7) is 0. The standard InChI is InChI=1S/C16H14F3NOS/c17-16(18,19)22-14(15(20)21)13(11-7-3-1-4-8-11)12-9-5-2-6-10-12/h1-10,13-14H,(H2,20,21). The van der Waals surface area contributed by atoms with Crippen LogP contribution in [0.3, 0.4) is 0 Å². The van der Waals surface area contributed by atoms with Crippen molar-refractivity contribution in [3.05, 3.63) is 71.8 Å². The van der Waals surface area contributed by atoms with Crippen molar-refractivity contribution >= 4 is 17.7 Å². The number of carbonyl (C=O) groups excluding carboxylic acids is 1. The molecule has 2 rings (SSSR count). The van der Waals surface area contributed by atoms with Gasteiger partial charge in [0.25, 0.3) is 0 Å². The van der Waals surface area contributed by atoms with Crippen LogP contribution < -0.4 is 5.73 Å². The lowest BCUT2D eigenvalue weighted by Crippen LogP contribution is -2.34. The molecule has 1 unspecified atom stereocenters. The number of nitrogens with two attached hydrogens (primary N) is 1. The molecule has 0 fully saturated rings. The van der Waals surface area contributed by atoms with Crippen molar-refractivity contribution < 1.29 is 18.0 Å². The zero-order valence-corrected chi connectivity index (χ0v) is 12.3. The number of rotatable bonds is 5. The molecule has 2 aromatic carbocycles. The number of hydrogen-bond donors (Lipinski definition) is 1. The number of alkyl halides is 3. The Bertz CT molecular complexity index is 577. The highest BCUT2D eigenvalue weighted by atomic mass is 32.2. The highest BCUT2D eigenvalue weighted by Crippen LogP contribution is 2.42. The summed E-state index contributed by atoms with van der Waals surface area (Å²) in [7, 11) is 0. The first-order valence-corrected chi connectivity index (χ1v) is 7.40. The first-order chi connectivity index (χ1) is 10.4. The van der Waals surface area contributed by atoms with E-state index in [0.29, 0.717) is 11.1 Å². The van der Waals surface area contributed by atoms with E-state index in [9.17, 15) is 18.0 Å². The zero-order chi connectivity index (χ0) is 16.2. The van der Waals surface area contributed by atoms with Gasteiger partial charge in [-0.15, -0.1) is 0 Å². The molecule has 116 valence electrons. The normalized spacial score (nSPS) is 13.1. The van der Waals surface area contributed by atoms with Crippen LogP contribution in [0.15, 0.2) is 60.7 Å². The maximum absolute atomic E-state index is 12.8. The molecule has 0 saturated heterocycles. The Morgan fingerprint density at radius 3 is 1.64 bits per heavy atom. The molecule has 22 heavy (non-hydrogen) atoms. The van der Waals surface area contributed by atoms with Crippen LogP contribution in [0.5, 0.6) is 0 Å². The van der Waals surface area contributed by atoms with Gasteiger partial charge in [-0.2, -0.15) is 13.2 Å². The lowest BCUT2D eigenvalue weighted by molar-refractivity contribution is -0.118. The monoisotopic (exact) mass is 325 g/mol. The minimum absolute atomic E-state index is 0.367. The van der Waals surface area contributed by atoms with Gasteiger partial charge in [0.15, 0.2) is 0 Å². The predicted molar refractivity (Wildman–Crippen MR) is 81.4 cm³/mol. The van der Waals surface area contributed by atoms with Crippen molar-refractivity contribution in [1.29, 1.82) is 0 Å². The molecule has 0 bridgehead atoms. The fraction of sp³-hybridized carbons (Fsp3) is 0.188. The summed E-state index contributed by atoms with van der Waals surface area (Å²) >= 11 is -0.367. The van der Waals surface area contributed by atoms with Crippen LogP contribution in [0, 0.1) is 0 Å². The quantitative estimate of drug-likeness (QED) is 0.905. The SMILES string of the molecule is NC(=O)C(SC(F)(F)F)C(c1ccccc1)c1ccccc1. The van der Waals surface area contributed by atoms with Crippen LogP contribution in [-0.4, -0.2) is 16.7 Å². The Balaban J connectivity index is 2.49. The predicted octanol–water partition coefficient (Wildman–Crippen LogP) is 3.93. The number of amides is 1. The largest absolute Gasteiger partial charge is 0.442 e. The van der Waals surface area contributed by atoms with Crippen LogP contribution >= 0.6 is 11.8 Å². The van der Waals surface area contributed by atoms with E-state index in [1.54, 1.807) is 60.7 Å². The van der Waals surface area contributed by atoms with Gasteiger partial charge in [-0.3, -0.25) is 4.79 Å². The van der Waals surface area contributed by atoms with Crippen molar-refractivity contribution in [3.63, 3.8) is 0 Å². The maximum atomic E-state index is 12.8. The summed E-state index contributed by atoms with van der Waals surface area (Å²) < 4.78 is 38.4. The van der Waals surface area contributed by atoms with Gasteiger partial charge in [0, 0.05) is 5.92 Å². The van der Waals surface area contributed by atoms with Gasteiger partial charge in [0.1, 0.15) is 5.25 Å². The number of primary amides is 1. The van der Waals surface area contributed by atoms with E-state index in [1.807, 2.05) is 0 Å². The van der Waals surface area contributed by atoms with Crippen LogP contribution in [0.4, 0.5) is 13.2 Å². The van der Waals surface area contributed by atoms with Crippen molar-refractivity contribution in [2.75, 3.05) is 0 Å². The summed E-state index contributed by atoms with van der Waals surface area (Å²) in [4.78, 5) is 11.7. The van der Waals surface area contributed by atoms with Crippen molar-refractivity contribution in [2.45, 2.75) is 16.7 Å². The number of halogens is 3. The molecule has 0 radical (unpaired) electrons. The van der Waals surface area contributed by atoms with E-state index in [1.165, 1.54) is 0 Å². The molecular weight excluding hydrogens is 311 g/mol. The van der Waals surface area contributed by atoms with Crippen LogP contribution in [0.25, 0.3) is 0 Å². The number of carbonyl (C=O) groups is 1. The molecular formula is C16H14F3NOS. The Kier molecular flexibility index (Phi) is 5.13. The molecule has 0 aliphatic rings. The summed E-state index contributed by atoms with van der Waals surface area (Å²) in [5.41, 5.74) is 1.96. The molecule has 1 amide bonds. The van der Waals surface area contributed by atoms with Gasteiger partial charge in [-0.25, -0.2) is 0 Å².